The van der Waals surface area contributed by atoms with Crippen LogP contribution < -0.4 is 28.5 Å². The second-order valence-electron chi connectivity index (χ2n) is 3.89. The van der Waals surface area contributed by atoms with E-state index in [2.05, 4.69) is 0 Å². The highest BCUT2D eigenvalue weighted by Gasteiger charge is 2.27. The van der Waals surface area contributed by atoms with E-state index in [0.717, 1.165) is 0 Å². The third-order valence-corrected chi connectivity index (χ3v) is 2.60. The van der Waals surface area contributed by atoms with Crippen LogP contribution in [0.2, 0.25) is 0 Å². The maximum absolute atomic E-state index is 12.0. The third kappa shape index (κ3) is 2.73. The van der Waals surface area contributed by atoms with Gasteiger partial charge in [0.15, 0.2) is 0 Å². The van der Waals surface area contributed by atoms with Gasteiger partial charge in [-0.05, 0) is 6.92 Å². The number of nitrogens with zero attached hydrogens (tertiary/aromatic N) is 3. The Kier molecular flexibility index (Phi) is 4.72. The van der Waals surface area contributed by atoms with E-state index in [1.165, 1.54) is 0 Å². The van der Waals surface area contributed by atoms with Crippen molar-refractivity contribution in [3.63, 3.8) is 0 Å². The van der Waals surface area contributed by atoms with Crippen molar-refractivity contribution < 1.29 is 38.1 Å². The highest BCUT2D eigenvalue weighted by Crippen LogP contribution is 2.07. The Hall–Kier alpha value is -0.630. The van der Waals surface area contributed by atoms with Crippen molar-refractivity contribution in [1.29, 1.82) is 0 Å². The number of aromatic nitrogens is 2. The highest BCUT2D eigenvalue weighted by molar-refractivity contribution is 5.76. The Morgan fingerprint density at radius 2 is 2.31 bits per heavy atom. The number of hydrogen-bond acceptors (Lipinski definition) is 2. The molecule has 1 aliphatic heterocycles. The lowest BCUT2D eigenvalue weighted by atomic mass is 10.3. The number of imidazole rings is 1. The topological polar surface area (TPSA) is 38.4 Å². The molecule has 0 aromatic carbocycles. The molecule has 0 radical (unpaired) electrons. The smallest absolute Gasteiger partial charge is 0.416 e. The van der Waals surface area contributed by atoms with Crippen LogP contribution in [0.4, 0.5) is 4.79 Å². The van der Waals surface area contributed by atoms with Gasteiger partial charge in [0.1, 0.15) is 12.4 Å². The fraction of sp³-hybridized carbons (Fsp3) is 0.600. The lowest BCUT2D eigenvalue weighted by Gasteiger charge is -2.31. The Morgan fingerprint density at radius 1 is 1.56 bits per heavy atom. The number of carbonyl (C=O) groups is 1. The van der Waals surface area contributed by atoms with Crippen molar-refractivity contribution in [3.8, 4) is 0 Å². The zero-order chi connectivity index (χ0) is 10.8. The largest absolute Gasteiger partial charge is 1.00 e. The molecule has 90 valence electrons. The highest BCUT2D eigenvalue weighted by atomic mass is 127. The maximum atomic E-state index is 12.0. The molecule has 1 fully saturated rings. The molecule has 16 heavy (non-hydrogen) atoms. The number of aryl methyl sites for hydroxylation is 1. The molecule has 1 amide bonds. The lowest BCUT2D eigenvalue weighted by molar-refractivity contribution is -0.670. The molecule has 1 aliphatic rings. The molecule has 0 spiro atoms. The summed E-state index contributed by atoms with van der Waals surface area (Å²) in [7, 11) is 1.90. The summed E-state index contributed by atoms with van der Waals surface area (Å²) in [6.45, 7) is 3.92. The number of hydrogen-bond donors (Lipinski definition) is 0. The van der Waals surface area contributed by atoms with Gasteiger partial charge in [0.25, 0.3) is 6.33 Å². The number of morpholine rings is 1. The molecule has 5 nitrogen and oxygen atoms in total. The van der Waals surface area contributed by atoms with E-state index in [-0.39, 0.29) is 36.0 Å². The van der Waals surface area contributed by atoms with E-state index in [9.17, 15) is 4.79 Å². The van der Waals surface area contributed by atoms with Gasteiger partial charge >= 0.3 is 6.03 Å². The van der Waals surface area contributed by atoms with Crippen LogP contribution in [0.1, 0.15) is 6.92 Å². The molecule has 1 saturated heterocycles. The van der Waals surface area contributed by atoms with Crippen molar-refractivity contribution >= 4 is 6.03 Å². The first-order valence-electron chi connectivity index (χ1n) is 5.10. The van der Waals surface area contributed by atoms with E-state index in [0.29, 0.717) is 19.8 Å². The van der Waals surface area contributed by atoms with Gasteiger partial charge in [-0.3, -0.25) is 4.90 Å². The summed E-state index contributed by atoms with van der Waals surface area (Å²) in [4.78, 5) is 13.9. The normalized spacial score (nSPS) is 20.4. The number of halogens is 1. The summed E-state index contributed by atoms with van der Waals surface area (Å²) >= 11 is 0. The van der Waals surface area contributed by atoms with Crippen molar-refractivity contribution in [2.45, 2.75) is 13.0 Å². The SMILES string of the molecule is C[C@@H]1COCCN1C(=O)n1cc[n+](C)c1.[I-]. The molecule has 1 aromatic rings. The lowest BCUT2D eigenvalue weighted by Crippen LogP contribution is -3.00. The molecule has 1 atom stereocenters. The van der Waals surface area contributed by atoms with Crippen LogP contribution in [0.25, 0.3) is 0 Å². The molecular formula is C10H16IN3O2. The summed E-state index contributed by atoms with van der Waals surface area (Å²) in [6, 6.07) is 0.172. The van der Waals surface area contributed by atoms with Gasteiger partial charge in [0.05, 0.1) is 26.3 Å². The first-order valence-corrected chi connectivity index (χ1v) is 5.10. The Balaban J connectivity index is 0.00000128. The van der Waals surface area contributed by atoms with Gasteiger partial charge in [0.2, 0.25) is 0 Å². The molecule has 0 aliphatic carbocycles. The van der Waals surface area contributed by atoms with Crippen molar-refractivity contribution in [3.05, 3.63) is 18.7 Å². The first kappa shape index (κ1) is 13.4. The van der Waals surface area contributed by atoms with E-state index >= 15 is 0 Å². The zero-order valence-electron chi connectivity index (χ0n) is 9.47. The third-order valence-electron chi connectivity index (χ3n) is 2.60. The fourth-order valence-corrected chi connectivity index (χ4v) is 1.72. The Morgan fingerprint density at radius 3 is 2.88 bits per heavy atom. The quantitative estimate of drug-likeness (QED) is 0.374. The van der Waals surface area contributed by atoms with Gasteiger partial charge in [-0.1, -0.05) is 0 Å². The maximum Gasteiger partial charge on any atom is 0.416 e. The van der Waals surface area contributed by atoms with Gasteiger partial charge in [0, 0.05) is 6.54 Å². The average Bonchev–Trinajstić information content (AvgIpc) is 2.65. The van der Waals surface area contributed by atoms with Crippen molar-refractivity contribution in [1.82, 2.24) is 9.47 Å². The fourth-order valence-electron chi connectivity index (χ4n) is 1.72. The van der Waals surface area contributed by atoms with Crippen LogP contribution in [0.3, 0.4) is 0 Å². The van der Waals surface area contributed by atoms with Gasteiger partial charge in [-0.15, -0.1) is 0 Å². The van der Waals surface area contributed by atoms with Crippen LogP contribution in [0.15, 0.2) is 18.7 Å². The molecular weight excluding hydrogens is 321 g/mol. The minimum atomic E-state index is 0. The second-order valence-corrected chi connectivity index (χ2v) is 3.89. The molecule has 0 bridgehead atoms. The van der Waals surface area contributed by atoms with E-state index < -0.39 is 0 Å². The molecule has 2 rings (SSSR count). The number of carbonyl (C=O) groups excluding carboxylic acids is 1. The van der Waals surface area contributed by atoms with E-state index in [1.807, 2.05) is 29.6 Å². The second kappa shape index (κ2) is 5.62. The van der Waals surface area contributed by atoms with Crippen LogP contribution in [-0.2, 0) is 11.8 Å². The Bertz CT molecular complexity index is 367. The van der Waals surface area contributed by atoms with Crippen LogP contribution in [0, 0.1) is 0 Å². The molecule has 0 unspecified atom stereocenters. The standard InChI is InChI=1S/C10H16N3O2.HI/c1-9-7-15-6-5-13(9)10(14)12-4-3-11(2)8-12;/h3-4,8-9H,5-7H2,1-2H3;1H/q+1;/p-1/t9-;/m1./s1. The van der Waals surface area contributed by atoms with Gasteiger partial charge in [-0.2, -0.15) is 4.57 Å². The van der Waals surface area contributed by atoms with Gasteiger partial charge < -0.3 is 28.7 Å². The van der Waals surface area contributed by atoms with Crippen molar-refractivity contribution in [2.24, 2.45) is 7.05 Å². The van der Waals surface area contributed by atoms with E-state index in [4.69, 9.17) is 4.74 Å². The Labute approximate surface area is 112 Å². The minimum Gasteiger partial charge on any atom is -1.00 e. The minimum absolute atomic E-state index is 0. The molecule has 6 heteroatoms. The first-order chi connectivity index (χ1) is 7.18. The van der Waals surface area contributed by atoms with Crippen LogP contribution in [0.5, 0.6) is 0 Å². The van der Waals surface area contributed by atoms with E-state index in [1.54, 1.807) is 17.1 Å². The van der Waals surface area contributed by atoms with Crippen LogP contribution in [-0.4, -0.2) is 41.3 Å². The molecule has 1 aromatic heterocycles. The average molecular weight is 337 g/mol. The number of rotatable bonds is 0. The molecule has 0 saturated carbocycles. The predicted molar refractivity (Wildman–Crippen MR) is 53.4 cm³/mol. The zero-order valence-corrected chi connectivity index (χ0v) is 11.6. The molecule has 2 heterocycles. The summed E-state index contributed by atoms with van der Waals surface area (Å²) in [5.41, 5.74) is 0. The number of ether oxygens (including phenoxy) is 1. The molecule has 0 N–H and O–H groups in total. The summed E-state index contributed by atoms with van der Waals surface area (Å²) < 4.78 is 8.74. The van der Waals surface area contributed by atoms with Gasteiger partial charge in [-0.25, -0.2) is 9.36 Å². The van der Waals surface area contributed by atoms with Crippen molar-refractivity contribution in [2.75, 3.05) is 19.8 Å². The predicted octanol–water partition coefficient (Wildman–Crippen LogP) is -2.99. The van der Waals surface area contributed by atoms with Crippen LogP contribution >= 0.6 is 0 Å². The summed E-state index contributed by atoms with van der Waals surface area (Å²) in [5, 5.41) is 0. The number of amides is 1. The summed E-state index contributed by atoms with van der Waals surface area (Å²) in [6.07, 6.45) is 5.39. The summed E-state index contributed by atoms with van der Waals surface area (Å²) in [5.74, 6) is 0. The monoisotopic (exact) mass is 337 g/mol.